The second-order valence-electron chi connectivity index (χ2n) is 7.16. The van der Waals surface area contributed by atoms with Crippen molar-refractivity contribution < 1.29 is 9.59 Å². The van der Waals surface area contributed by atoms with Crippen LogP contribution in [0.5, 0.6) is 0 Å². The van der Waals surface area contributed by atoms with E-state index in [-0.39, 0.29) is 24.0 Å². The molecule has 1 saturated heterocycles. The molecule has 0 spiro atoms. The van der Waals surface area contributed by atoms with Crippen LogP contribution in [0.3, 0.4) is 0 Å². The van der Waals surface area contributed by atoms with E-state index in [4.69, 9.17) is 0 Å². The molecule has 28 heavy (non-hydrogen) atoms. The van der Waals surface area contributed by atoms with Crippen molar-refractivity contribution in [3.8, 4) is 0 Å². The normalized spacial score (nSPS) is 17.5. The molecular weight excluding hydrogens is 350 g/mol. The molecular formula is C23H23N3O2. The molecule has 3 aromatic rings. The molecule has 0 aliphatic carbocycles. The summed E-state index contributed by atoms with van der Waals surface area (Å²) in [7, 11) is 0. The molecule has 0 aromatic heterocycles. The Bertz CT molecular complexity index is 998. The number of carbonyl (C=O) groups is 2. The quantitative estimate of drug-likeness (QED) is 0.715. The fourth-order valence-corrected chi connectivity index (χ4v) is 3.79. The van der Waals surface area contributed by atoms with E-state index in [0.717, 1.165) is 22.0 Å². The highest BCUT2D eigenvalue weighted by molar-refractivity contribution is 6.01. The van der Waals surface area contributed by atoms with Crippen molar-refractivity contribution in [2.75, 3.05) is 11.9 Å². The lowest BCUT2D eigenvalue weighted by Crippen LogP contribution is -2.40. The minimum atomic E-state index is -0.289. The molecule has 0 radical (unpaired) electrons. The number of likely N-dealkylation sites (tertiary alicyclic amines) is 1. The molecule has 3 amide bonds. The molecule has 1 aliphatic heterocycles. The lowest BCUT2D eigenvalue weighted by molar-refractivity contribution is -0.129. The Kier molecular flexibility index (Phi) is 4.98. The summed E-state index contributed by atoms with van der Waals surface area (Å²) in [6.45, 7) is 2.53. The van der Waals surface area contributed by atoms with Crippen molar-refractivity contribution in [3.63, 3.8) is 0 Å². The number of nitrogens with one attached hydrogen (secondary N) is 2. The first-order valence-electron chi connectivity index (χ1n) is 9.51. The number of fused-ring (bicyclic) bond motifs is 1. The highest BCUT2D eigenvalue weighted by Crippen LogP contribution is 2.26. The van der Waals surface area contributed by atoms with Crippen LogP contribution in [0, 0.1) is 0 Å². The number of hydrogen-bond acceptors (Lipinski definition) is 2. The summed E-state index contributed by atoms with van der Waals surface area (Å²) in [5, 5.41) is 7.93. The fourth-order valence-electron chi connectivity index (χ4n) is 3.79. The van der Waals surface area contributed by atoms with Gasteiger partial charge in [-0.15, -0.1) is 0 Å². The van der Waals surface area contributed by atoms with Crippen LogP contribution in [-0.4, -0.2) is 29.4 Å². The molecule has 0 bridgehead atoms. The minimum Gasteiger partial charge on any atom is -0.334 e. The maximum Gasteiger partial charge on any atom is 0.319 e. The molecule has 5 nitrogen and oxygen atoms in total. The van der Waals surface area contributed by atoms with Crippen LogP contribution >= 0.6 is 0 Å². The first kappa shape index (κ1) is 18.0. The summed E-state index contributed by atoms with van der Waals surface area (Å²) < 4.78 is 0. The third-order valence-electron chi connectivity index (χ3n) is 5.28. The molecule has 2 unspecified atom stereocenters. The van der Waals surface area contributed by atoms with Gasteiger partial charge in [-0.25, -0.2) is 4.79 Å². The Morgan fingerprint density at radius 1 is 1.00 bits per heavy atom. The Morgan fingerprint density at radius 2 is 1.71 bits per heavy atom. The Balaban J connectivity index is 1.41. The predicted molar refractivity (Wildman–Crippen MR) is 111 cm³/mol. The number of anilines is 1. The van der Waals surface area contributed by atoms with Crippen molar-refractivity contribution in [1.82, 2.24) is 10.2 Å². The van der Waals surface area contributed by atoms with Gasteiger partial charge in [0.15, 0.2) is 0 Å². The fraction of sp³-hybridized carbons (Fsp3) is 0.217. The molecule has 5 heteroatoms. The number of urea groups is 1. The van der Waals surface area contributed by atoms with Gasteiger partial charge in [0.05, 0.1) is 17.8 Å². The Labute approximate surface area is 164 Å². The lowest BCUT2D eigenvalue weighted by atomic mass is 10.1. The SMILES string of the molecule is CC(c1ccccc1)N1CC(NC(=O)Nc2cccc3ccccc23)CC1=O. The molecule has 2 N–H and O–H groups in total. The highest BCUT2D eigenvalue weighted by Gasteiger charge is 2.33. The van der Waals surface area contributed by atoms with Gasteiger partial charge in [-0.2, -0.15) is 0 Å². The summed E-state index contributed by atoms with van der Waals surface area (Å²) >= 11 is 0. The molecule has 142 valence electrons. The van der Waals surface area contributed by atoms with Crippen molar-refractivity contribution in [2.45, 2.75) is 25.4 Å². The summed E-state index contributed by atoms with van der Waals surface area (Å²) in [5.41, 5.74) is 1.85. The van der Waals surface area contributed by atoms with Crippen LogP contribution in [0.25, 0.3) is 10.8 Å². The minimum absolute atomic E-state index is 0.0124. The van der Waals surface area contributed by atoms with E-state index in [0.29, 0.717) is 13.0 Å². The monoisotopic (exact) mass is 373 g/mol. The second kappa shape index (κ2) is 7.72. The zero-order chi connectivity index (χ0) is 19.5. The standard InChI is InChI=1S/C23H23N3O2/c1-16(17-8-3-2-4-9-17)26-15-19(14-22(26)27)24-23(28)25-21-13-7-11-18-10-5-6-12-20(18)21/h2-13,16,19H,14-15H2,1H3,(H2,24,25,28). The molecule has 1 fully saturated rings. The molecule has 0 saturated carbocycles. The number of amides is 3. The van der Waals surface area contributed by atoms with Gasteiger partial charge in [-0.3, -0.25) is 4.79 Å². The van der Waals surface area contributed by atoms with Gasteiger partial charge in [0.2, 0.25) is 5.91 Å². The van der Waals surface area contributed by atoms with Crippen LogP contribution in [0.1, 0.15) is 24.9 Å². The predicted octanol–water partition coefficient (Wildman–Crippen LogP) is 4.32. The van der Waals surface area contributed by atoms with Crippen molar-refractivity contribution in [3.05, 3.63) is 78.4 Å². The average Bonchev–Trinajstić information content (AvgIpc) is 3.08. The van der Waals surface area contributed by atoms with E-state index in [1.54, 1.807) is 0 Å². The van der Waals surface area contributed by atoms with E-state index >= 15 is 0 Å². The number of rotatable bonds is 4. The van der Waals surface area contributed by atoms with Gasteiger partial charge >= 0.3 is 6.03 Å². The maximum absolute atomic E-state index is 12.5. The van der Waals surface area contributed by atoms with E-state index < -0.39 is 0 Å². The first-order chi connectivity index (χ1) is 13.6. The van der Waals surface area contributed by atoms with Crippen LogP contribution in [0.15, 0.2) is 72.8 Å². The van der Waals surface area contributed by atoms with E-state index in [2.05, 4.69) is 10.6 Å². The largest absolute Gasteiger partial charge is 0.334 e. The van der Waals surface area contributed by atoms with Gasteiger partial charge in [-0.05, 0) is 23.9 Å². The van der Waals surface area contributed by atoms with Crippen molar-refractivity contribution >= 4 is 28.4 Å². The molecule has 1 aliphatic rings. The number of benzene rings is 3. The number of hydrogen-bond donors (Lipinski definition) is 2. The van der Waals surface area contributed by atoms with Gasteiger partial charge in [-0.1, -0.05) is 66.7 Å². The Morgan fingerprint density at radius 3 is 2.54 bits per heavy atom. The molecule has 2 atom stereocenters. The highest BCUT2D eigenvalue weighted by atomic mass is 16.2. The lowest BCUT2D eigenvalue weighted by Gasteiger charge is -2.25. The summed E-state index contributed by atoms with van der Waals surface area (Å²) in [6.07, 6.45) is 0.320. The molecule has 3 aromatic carbocycles. The zero-order valence-corrected chi connectivity index (χ0v) is 15.8. The maximum atomic E-state index is 12.5. The van der Waals surface area contributed by atoms with Gasteiger partial charge in [0.25, 0.3) is 0 Å². The summed E-state index contributed by atoms with van der Waals surface area (Å²) in [4.78, 5) is 26.8. The first-order valence-corrected chi connectivity index (χ1v) is 9.51. The Hall–Kier alpha value is -3.34. The second-order valence-corrected chi connectivity index (χ2v) is 7.16. The average molecular weight is 373 g/mol. The topological polar surface area (TPSA) is 61.4 Å². The number of nitrogens with zero attached hydrogens (tertiary/aromatic N) is 1. The van der Waals surface area contributed by atoms with Crippen LogP contribution < -0.4 is 10.6 Å². The molecule has 4 rings (SSSR count). The van der Waals surface area contributed by atoms with E-state index in [9.17, 15) is 9.59 Å². The van der Waals surface area contributed by atoms with Crippen molar-refractivity contribution in [2.24, 2.45) is 0 Å². The van der Waals surface area contributed by atoms with Gasteiger partial charge in [0.1, 0.15) is 0 Å². The van der Waals surface area contributed by atoms with Gasteiger partial charge in [0, 0.05) is 18.4 Å². The van der Waals surface area contributed by atoms with E-state index in [1.165, 1.54) is 0 Å². The zero-order valence-electron chi connectivity index (χ0n) is 15.8. The van der Waals surface area contributed by atoms with Crippen LogP contribution in [0.4, 0.5) is 10.5 Å². The molecule has 1 heterocycles. The van der Waals surface area contributed by atoms with E-state index in [1.807, 2.05) is 84.6 Å². The van der Waals surface area contributed by atoms with Gasteiger partial charge < -0.3 is 15.5 Å². The smallest absolute Gasteiger partial charge is 0.319 e. The van der Waals surface area contributed by atoms with Crippen LogP contribution in [-0.2, 0) is 4.79 Å². The third kappa shape index (κ3) is 3.69. The van der Waals surface area contributed by atoms with Crippen molar-refractivity contribution in [1.29, 1.82) is 0 Å². The van der Waals surface area contributed by atoms with Crippen LogP contribution in [0.2, 0.25) is 0 Å². The summed E-state index contributed by atoms with van der Waals surface area (Å²) in [5.74, 6) is 0.0619. The third-order valence-corrected chi connectivity index (χ3v) is 5.28. The number of carbonyl (C=O) groups excluding carboxylic acids is 2. The summed E-state index contributed by atoms with van der Waals surface area (Å²) in [6, 6.07) is 23.2.